The van der Waals surface area contributed by atoms with Crippen LogP contribution in [0.1, 0.15) is 25.8 Å². The average molecular weight is 182 g/mol. The molecule has 0 spiro atoms. The predicted octanol–water partition coefficient (Wildman–Crippen LogP) is 2.91. The molecule has 0 amide bonds. The highest BCUT2D eigenvalue weighted by atomic mass is 32.1. The Balaban J connectivity index is 2.47. The zero-order chi connectivity index (χ0) is 8.97. The standard InChI is InChI=1S/C10H14OS/c1-3-8(2)10(11)6-9-4-5-12-7-9/h4-5,7-8H,3,6H2,1-2H3. The zero-order valence-corrected chi connectivity index (χ0v) is 8.36. The van der Waals surface area contributed by atoms with Gasteiger partial charge < -0.3 is 0 Å². The van der Waals surface area contributed by atoms with Gasteiger partial charge in [0.2, 0.25) is 0 Å². The Morgan fingerprint density at radius 3 is 2.92 bits per heavy atom. The van der Waals surface area contributed by atoms with Gasteiger partial charge >= 0.3 is 0 Å². The molecule has 1 atom stereocenters. The van der Waals surface area contributed by atoms with Gasteiger partial charge in [-0.3, -0.25) is 4.79 Å². The van der Waals surface area contributed by atoms with Crippen LogP contribution in [0.3, 0.4) is 0 Å². The van der Waals surface area contributed by atoms with Crippen molar-refractivity contribution in [3.63, 3.8) is 0 Å². The Labute approximate surface area is 77.4 Å². The van der Waals surface area contributed by atoms with Crippen molar-refractivity contribution >= 4 is 17.1 Å². The molecule has 0 bridgehead atoms. The molecule has 1 nitrogen and oxygen atoms in total. The Morgan fingerprint density at radius 2 is 2.42 bits per heavy atom. The second kappa shape index (κ2) is 4.41. The third kappa shape index (κ3) is 2.45. The van der Waals surface area contributed by atoms with Gasteiger partial charge in [-0.15, -0.1) is 0 Å². The molecule has 0 aliphatic rings. The van der Waals surface area contributed by atoms with Gasteiger partial charge in [0, 0.05) is 12.3 Å². The molecular formula is C10H14OS. The Bertz CT molecular complexity index is 238. The summed E-state index contributed by atoms with van der Waals surface area (Å²) < 4.78 is 0. The molecule has 0 aliphatic carbocycles. The third-order valence-corrected chi connectivity index (χ3v) is 2.85. The van der Waals surface area contributed by atoms with Crippen LogP contribution >= 0.6 is 11.3 Å². The Morgan fingerprint density at radius 1 is 1.67 bits per heavy atom. The lowest BCUT2D eigenvalue weighted by atomic mass is 9.99. The van der Waals surface area contributed by atoms with Crippen LogP contribution in [0.15, 0.2) is 16.8 Å². The summed E-state index contributed by atoms with van der Waals surface area (Å²) in [7, 11) is 0. The quantitative estimate of drug-likeness (QED) is 0.699. The SMILES string of the molecule is CCC(C)C(=O)Cc1ccsc1. The van der Waals surface area contributed by atoms with Crippen LogP contribution in [0.25, 0.3) is 0 Å². The highest BCUT2D eigenvalue weighted by Crippen LogP contribution is 2.11. The molecule has 1 heterocycles. The van der Waals surface area contributed by atoms with Gasteiger partial charge in [0.25, 0.3) is 0 Å². The molecule has 2 heteroatoms. The number of carbonyl (C=O) groups excluding carboxylic acids is 1. The van der Waals surface area contributed by atoms with E-state index in [4.69, 9.17) is 0 Å². The predicted molar refractivity (Wildman–Crippen MR) is 52.5 cm³/mol. The molecule has 0 fully saturated rings. The Kier molecular flexibility index (Phi) is 3.48. The first-order valence-electron chi connectivity index (χ1n) is 4.27. The molecule has 12 heavy (non-hydrogen) atoms. The first-order chi connectivity index (χ1) is 5.74. The highest BCUT2D eigenvalue weighted by Gasteiger charge is 2.10. The average Bonchev–Trinajstić information content (AvgIpc) is 2.55. The van der Waals surface area contributed by atoms with E-state index in [1.54, 1.807) is 11.3 Å². The number of carbonyl (C=O) groups is 1. The molecule has 1 rings (SSSR count). The lowest BCUT2D eigenvalue weighted by molar-refractivity contribution is -0.121. The summed E-state index contributed by atoms with van der Waals surface area (Å²) in [6, 6.07) is 2.02. The number of hydrogen-bond acceptors (Lipinski definition) is 2. The first kappa shape index (κ1) is 9.46. The van der Waals surface area contributed by atoms with E-state index in [0.29, 0.717) is 12.2 Å². The van der Waals surface area contributed by atoms with Crippen LogP contribution in [-0.2, 0) is 11.2 Å². The van der Waals surface area contributed by atoms with Gasteiger partial charge in [-0.2, -0.15) is 11.3 Å². The highest BCUT2D eigenvalue weighted by molar-refractivity contribution is 7.07. The number of thiophene rings is 1. The van der Waals surface area contributed by atoms with Crippen molar-refractivity contribution in [3.8, 4) is 0 Å². The second-order valence-electron chi connectivity index (χ2n) is 3.08. The summed E-state index contributed by atoms with van der Waals surface area (Å²) in [5.41, 5.74) is 1.16. The lowest BCUT2D eigenvalue weighted by Crippen LogP contribution is -2.11. The monoisotopic (exact) mass is 182 g/mol. The Hall–Kier alpha value is -0.630. The van der Waals surface area contributed by atoms with Gasteiger partial charge in [-0.05, 0) is 28.8 Å². The first-order valence-corrected chi connectivity index (χ1v) is 5.22. The molecule has 1 unspecified atom stereocenters. The smallest absolute Gasteiger partial charge is 0.140 e. The van der Waals surface area contributed by atoms with Crippen LogP contribution < -0.4 is 0 Å². The topological polar surface area (TPSA) is 17.1 Å². The van der Waals surface area contributed by atoms with Crippen LogP contribution in [0, 0.1) is 5.92 Å². The fraction of sp³-hybridized carbons (Fsp3) is 0.500. The summed E-state index contributed by atoms with van der Waals surface area (Å²) in [6.07, 6.45) is 1.56. The fourth-order valence-electron chi connectivity index (χ4n) is 0.996. The van der Waals surface area contributed by atoms with Crippen LogP contribution in [0.4, 0.5) is 0 Å². The lowest BCUT2D eigenvalue weighted by Gasteiger charge is -2.05. The second-order valence-corrected chi connectivity index (χ2v) is 3.86. The van der Waals surface area contributed by atoms with E-state index in [9.17, 15) is 4.79 Å². The molecule has 0 N–H and O–H groups in total. The number of rotatable bonds is 4. The van der Waals surface area contributed by atoms with Crippen molar-refractivity contribution < 1.29 is 4.79 Å². The number of ketones is 1. The molecule has 0 radical (unpaired) electrons. The number of hydrogen-bond donors (Lipinski definition) is 0. The van der Waals surface area contributed by atoms with Gasteiger partial charge in [0.05, 0.1) is 0 Å². The van der Waals surface area contributed by atoms with E-state index in [0.717, 1.165) is 12.0 Å². The molecule has 0 aromatic carbocycles. The van der Waals surface area contributed by atoms with E-state index in [1.165, 1.54) is 0 Å². The van der Waals surface area contributed by atoms with Crippen LogP contribution in [0.2, 0.25) is 0 Å². The van der Waals surface area contributed by atoms with Crippen molar-refractivity contribution in [2.45, 2.75) is 26.7 Å². The summed E-state index contributed by atoms with van der Waals surface area (Å²) in [5, 5.41) is 4.06. The summed E-state index contributed by atoms with van der Waals surface area (Å²) in [4.78, 5) is 11.4. The van der Waals surface area contributed by atoms with Crippen molar-refractivity contribution in [1.29, 1.82) is 0 Å². The molecule has 1 aromatic rings. The molecule has 1 aromatic heterocycles. The van der Waals surface area contributed by atoms with Gasteiger partial charge in [-0.25, -0.2) is 0 Å². The van der Waals surface area contributed by atoms with Crippen LogP contribution in [0.5, 0.6) is 0 Å². The van der Waals surface area contributed by atoms with E-state index in [-0.39, 0.29) is 5.92 Å². The molecule has 66 valence electrons. The molecule has 0 aliphatic heterocycles. The minimum atomic E-state index is 0.213. The van der Waals surface area contributed by atoms with E-state index in [2.05, 4.69) is 6.92 Å². The van der Waals surface area contributed by atoms with E-state index < -0.39 is 0 Å². The van der Waals surface area contributed by atoms with E-state index >= 15 is 0 Å². The summed E-state index contributed by atoms with van der Waals surface area (Å²) in [5.74, 6) is 0.570. The largest absolute Gasteiger partial charge is 0.299 e. The maximum atomic E-state index is 11.4. The van der Waals surface area contributed by atoms with Crippen molar-refractivity contribution in [2.24, 2.45) is 5.92 Å². The van der Waals surface area contributed by atoms with Crippen molar-refractivity contribution in [2.75, 3.05) is 0 Å². The van der Waals surface area contributed by atoms with E-state index in [1.807, 2.05) is 23.8 Å². The maximum Gasteiger partial charge on any atom is 0.140 e. The summed E-state index contributed by atoms with van der Waals surface area (Å²) in [6.45, 7) is 4.05. The normalized spacial score (nSPS) is 12.8. The van der Waals surface area contributed by atoms with Crippen molar-refractivity contribution in [1.82, 2.24) is 0 Å². The van der Waals surface area contributed by atoms with Crippen molar-refractivity contribution in [3.05, 3.63) is 22.4 Å². The van der Waals surface area contributed by atoms with Gasteiger partial charge in [-0.1, -0.05) is 13.8 Å². The minimum absolute atomic E-state index is 0.213. The molecule has 0 saturated heterocycles. The van der Waals surface area contributed by atoms with Gasteiger partial charge in [0.15, 0.2) is 0 Å². The fourth-order valence-corrected chi connectivity index (χ4v) is 1.66. The minimum Gasteiger partial charge on any atom is -0.299 e. The third-order valence-electron chi connectivity index (χ3n) is 2.12. The summed E-state index contributed by atoms with van der Waals surface area (Å²) >= 11 is 1.65. The zero-order valence-electron chi connectivity index (χ0n) is 7.54. The number of Topliss-reactive ketones (excluding diaryl/α,β-unsaturated/α-hetero) is 1. The van der Waals surface area contributed by atoms with Crippen LogP contribution in [-0.4, -0.2) is 5.78 Å². The van der Waals surface area contributed by atoms with Gasteiger partial charge in [0.1, 0.15) is 5.78 Å². The molecule has 0 saturated carbocycles. The molecular weight excluding hydrogens is 168 g/mol. The maximum absolute atomic E-state index is 11.4.